The van der Waals surface area contributed by atoms with Crippen molar-refractivity contribution in [1.29, 1.82) is 0 Å². The van der Waals surface area contributed by atoms with E-state index in [4.69, 9.17) is 5.73 Å². The lowest BCUT2D eigenvalue weighted by Crippen LogP contribution is -2.29. The number of aliphatic hydroxyl groups is 1. The van der Waals surface area contributed by atoms with Crippen LogP contribution in [0, 0.1) is 5.82 Å². The zero-order chi connectivity index (χ0) is 13.5. The van der Waals surface area contributed by atoms with E-state index < -0.39 is 11.9 Å². The first-order valence-corrected chi connectivity index (χ1v) is 5.95. The average molecular weight is 291 g/mol. The Balaban J connectivity index is 0.00000324. The lowest BCUT2D eigenvalue weighted by Gasteiger charge is -2.13. The molecule has 19 heavy (non-hydrogen) atoms. The molecule has 0 aliphatic carbocycles. The van der Waals surface area contributed by atoms with Crippen LogP contribution in [0.15, 0.2) is 24.3 Å². The van der Waals surface area contributed by atoms with Crippen LogP contribution in [-0.2, 0) is 4.79 Å². The van der Waals surface area contributed by atoms with Gasteiger partial charge in [0.15, 0.2) is 0 Å². The molecule has 0 aliphatic rings. The van der Waals surface area contributed by atoms with E-state index in [0.717, 1.165) is 0 Å². The third-order valence-corrected chi connectivity index (χ3v) is 2.58. The highest BCUT2D eigenvalue weighted by Crippen LogP contribution is 2.15. The van der Waals surface area contributed by atoms with Gasteiger partial charge >= 0.3 is 0 Å². The number of halogens is 2. The Labute approximate surface area is 118 Å². The average Bonchev–Trinajstić information content (AvgIpc) is 2.34. The van der Waals surface area contributed by atoms with Gasteiger partial charge in [0.05, 0.1) is 6.10 Å². The third-order valence-electron chi connectivity index (χ3n) is 2.58. The van der Waals surface area contributed by atoms with Crippen molar-refractivity contribution in [3.63, 3.8) is 0 Å². The van der Waals surface area contributed by atoms with Crippen LogP contribution in [0.1, 0.15) is 31.4 Å². The summed E-state index contributed by atoms with van der Waals surface area (Å²) in [6.07, 6.45) is -0.144. The minimum Gasteiger partial charge on any atom is -0.386 e. The van der Waals surface area contributed by atoms with Crippen molar-refractivity contribution in [2.75, 3.05) is 6.54 Å². The molecule has 6 heteroatoms. The summed E-state index contributed by atoms with van der Waals surface area (Å²) in [7, 11) is 0. The van der Waals surface area contributed by atoms with Crippen LogP contribution in [0.25, 0.3) is 0 Å². The topological polar surface area (TPSA) is 75.4 Å². The van der Waals surface area contributed by atoms with E-state index >= 15 is 0 Å². The number of nitrogens with one attached hydrogen (secondary N) is 1. The van der Waals surface area contributed by atoms with Gasteiger partial charge in [-0.3, -0.25) is 4.79 Å². The van der Waals surface area contributed by atoms with Crippen molar-refractivity contribution in [2.24, 2.45) is 5.73 Å². The number of hydrogen-bond acceptors (Lipinski definition) is 3. The van der Waals surface area contributed by atoms with Crippen molar-refractivity contribution in [1.82, 2.24) is 5.32 Å². The lowest BCUT2D eigenvalue weighted by molar-refractivity contribution is -0.121. The minimum absolute atomic E-state index is 0. The lowest BCUT2D eigenvalue weighted by atomic mass is 10.1. The van der Waals surface area contributed by atoms with E-state index in [1.165, 1.54) is 12.1 Å². The predicted octanol–water partition coefficient (Wildman–Crippen LogP) is 1.52. The Hall–Kier alpha value is -1.17. The minimum atomic E-state index is -1.04. The zero-order valence-corrected chi connectivity index (χ0v) is 11.6. The smallest absolute Gasteiger partial charge is 0.220 e. The first-order valence-electron chi connectivity index (χ1n) is 5.95. The highest BCUT2D eigenvalue weighted by atomic mass is 35.5. The Morgan fingerprint density at radius 1 is 1.47 bits per heavy atom. The van der Waals surface area contributed by atoms with Gasteiger partial charge in [0.2, 0.25) is 5.91 Å². The summed E-state index contributed by atoms with van der Waals surface area (Å²) in [5.74, 6) is -0.669. The van der Waals surface area contributed by atoms with Crippen LogP contribution in [0.2, 0.25) is 0 Å². The molecule has 1 rings (SSSR count). The standard InChI is InChI=1S/C13H19FN2O2.ClH/c1-9(15)6-7-13(18)16-8-12(17)10-4-2-3-5-11(10)14;/h2-5,9,12,17H,6-8,15H2,1H3,(H,16,18);1H. The van der Waals surface area contributed by atoms with Crippen molar-refractivity contribution >= 4 is 18.3 Å². The maximum Gasteiger partial charge on any atom is 0.220 e. The van der Waals surface area contributed by atoms with Gasteiger partial charge in [0.1, 0.15) is 5.82 Å². The summed E-state index contributed by atoms with van der Waals surface area (Å²) in [4.78, 5) is 11.4. The fraction of sp³-hybridized carbons (Fsp3) is 0.462. The van der Waals surface area contributed by atoms with Crippen molar-refractivity contribution < 1.29 is 14.3 Å². The Kier molecular flexibility index (Phi) is 8.30. The monoisotopic (exact) mass is 290 g/mol. The molecule has 0 fully saturated rings. The molecule has 0 bridgehead atoms. The van der Waals surface area contributed by atoms with Gasteiger partial charge in [-0.15, -0.1) is 12.4 Å². The normalized spacial score (nSPS) is 13.3. The summed E-state index contributed by atoms with van der Waals surface area (Å²) in [6, 6.07) is 5.92. The van der Waals surface area contributed by atoms with Gasteiger partial charge in [0, 0.05) is 24.6 Å². The van der Waals surface area contributed by atoms with Gasteiger partial charge in [-0.25, -0.2) is 4.39 Å². The molecule has 0 aromatic heterocycles. The van der Waals surface area contributed by atoms with Gasteiger partial charge < -0.3 is 16.2 Å². The SMILES string of the molecule is CC(N)CCC(=O)NCC(O)c1ccccc1F.Cl. The first kappa shape index (κ1) is 17.8. The highest BCUT2D eigenvalue weighted by Gasteiger charge is 2.13. The van der Waals surface area contributed by atoms with E-state index in [9.17, 15) is 14.3 Å². The zero-order valence-electron chi connectivity index (χ0n) is 10.8. The molecule has 4 N–H and O–H groups in total. The molecule has 0 aliphatic heterocycles. The van der Waals surface area contributed by atoms with E-state index in [2.05, 4.69) is 5.32 Å². The maximum atomic E-state index is 13.3. The summed E-state index contributed by atoms with van der Waals surface area (Å²) in [6.45, 7) is 1.82. The van der Waals surface area contributed by atoms with Gasteiger partial charge in [-0.05, 0) is 19.4 Å². The van der Waals surface area contributed by atoms with E-state index in [1.807, 2.05) is 6.92 Å². The Morgan fingerprint density at radius 3 is 2.68 bits per heavy atom. The maximum absolute atomic E-state index is 13.3. The van der Waals surface area contributed by atoms with Crippen LogP contribution in [0.5, 0.6) is 0 Å². The summed E-state index contributed by atoms with van der Waals surface area (Å²) in [5.41, 5.74) is 5.71. The quantitative estimate of drug-likeness (QED) is 0.744. The highest BCUT2D eigenvalue weighted by molar-refractivity contribution is 5.85. The second-order valence-corrected chi connectivity index (χ2v) is 4.36. The van der Waals surface area contributed by atoms with Crippen molar-refractivity contribution in [2.45, 2.75) is 31.9 Å². The molecule has 1 aromatic rings. The van der Waals surface area contributed by atoms with Crippen LogP contribution in [-0.4, -0.2) is 23.6 Å². The number of carbonyl (C=O) groups excluding carboxylic acids is 1. The summed E-state index contributed by atoms with van der Waals surface area (Å²) in [5, 5.41) is 12.3. The summed E-state index contributed by atoms with van der Waals surface area (Å²) < 4.78 is 13.3. The predicted molar refractivity (Wildman–Crippen MR) is 74.5 cm³/mol. The summed E-state index contributed by atoms with van der Waals surface area (Å²) >= 11 is 0. The number of carbonyl (C=O) groups is 1. The molecule has 2 unspecified atom stereocenters. The van der Waals surface area contributed by atoms with Crippen LogP contribution in [0.3, 0.4) is 0 Å². The molecule has 108 valence electrons. The number of amides is 1. The van der Waals surface area contributed by atoms with Crippen molar-refractivity contribution in [3.05, 3.63) is 35.6 Å². The molecular weight excluding hydrogens is 271 g/mol. The fourth-order valence-corrected chi connectivity index (χ4v) is 1.51. The van der Waals surface area contributed by atoms with E-state index in [0.29, 0.717) is 12.8 Å². The largest absolute Gasteiger partial charge is 0.386 e. The number of nitrogens with two attached hydrogens (primary N) is 1. The molecule has 0 saturated heterocycles. The molecule has 0 saturated carbocycles. The van der Waals surface area contributed by atoms with Gasteiger partial charge in [-0.2, -0.15) is 0 Å². The third kappa shape index (κ3) is 6.52. The number of aliphatic hydroxyl groups excluding tert-OH is 1. The molecule has 4 nitrogen and oxygen atoms in total. The molecule has 0 spiro atoms. The van der Waals surface area contributed by atoms with E-state index in [1.54, 1.807) is 12.1 Å². The van der Waals surface area contributed by atoms with Crippen LogP contribution >= 0.6 is 12.4 Å². The molecule has 1 amide bonds. The van der Waals surface area contributed by atoms with Crippen molar-refractivity contribution in [3.8, 4) is 0 Å². The van der Waals surface area contributed by atoms with Crippen LogP contribution in [0.4, 0.5) is 4.39 Å². The molecule has 2 atom stereocenters. The molecular formula is C13H20ClFN2O2. The van der Waals surface area contributed by atoms with Gasteiger partial charge in [-0.1, -0.05) is 18.2 Å². The van der Waals surface area contributed by atoms with Gasteiger partial charge in [0.25, 0.3) is 0 Å². The first-order chi connectivity index (χ1) is 8.50. The second-order valence-electron chi connectivity index (χ2n) is 4.36. The second kappa shape index (κ2) is 8.85. The molecule has 0 radical (unpaired) electrons. The number of benzene rings is 1. The number of rotatable bonds is 6. The molecule has 0 heterocycles. The number of hydrogen-bond donors (Lipinski definition) is 3. The van der Waals surface area contributed by atoms with E-state index in [-0.39, 0.29) is 36.5 Å². The Bertz CT molecular complexity index is 402. The Morgan fingerprint density at radius 2 is 2.11 bits per heavy atom. The van der Waals surface area contributed by atoms with Crippen LogP contribution < -0.4 is 11.1 Å². The molecule has 1 aromatic carbocycles. The fourth-order valence-electron chi connectivity index (χ4n) is 1.51.